The minimum absolute atomic E-state index is 0.135. The van der Waals surface area contributed by atoms with E-state index in [0.29, 0.717) is 24.3 Å². The summed E-state index contributed by atoms with van der Waals surface area (Å²) in [5.74, 6) is -0.814. The van der Waals surface area contributed by atoms with Crippen molar-refractivity contribution in [1.82, 2.24) is 4.90 Å². The predicted octanol–water partition coefficient (Wildman–Crippen LogP) is 4.13. The van der Waals surface area contributed by atoms with Gasteiger partial charge in [-0.1, -0.05) is 18.2 Å². The molecule has 1 aliphatic heterocycles. The fraction of sp³-hybridized carbons (Fsp3) is 0.348. The van der Waals surface area contributed by atoms with Crippen LogP contribution >= 0.6 is 0 Å². The quantitative estimate of drug-likeness (QED) is 0.727. The Morgan fingerprint density at radius 1 is 0.967 bits per heavy atom. The van der Waals surface area contributed by atoms with E-state index in [0.717, 1.165) is 18.5 Å². The molecule has 1 unspecified atom stereocenters. The van der Waals surface area contributed by atoms with E-state index in [4.69, 9.17) is 4.74 Å². The van der Waals surface area contributed by atoms with Gasteiger partial charge in [0.05, 0.1) is 17.6 Å². The third-order valence-corrected chi connectivity index (χ3v) is 4.84. The molecule has 1 atom stereocenters. The number of carbonyl (C=O) groups is 3. The molecule has 1 fully saturated rings. The Hall–Kier alpha value is -3.35. The predicted molar refractivity (Wildman–Crippen MR) is 115 cm³/mol. The van der Waals surface area contributed by atoms with Crippen molar-refractivity contribution < 1.29 is 19.1 Å². The third kappa shape index (κ3) is 5.83. The van der Waals surface area contributed by atoms with Crippen LogP contribution in [0.2, 0.25) is 0 Å². The van der Waals surface area contributed by atoms with Gasteiger partial charge in [-0.3, -0.25) is 4.79 Å². The van der Waals surface area contributed by atoms with Gasteiger partial charge >= 0.3 is 12.0 Å². The number of amides is 3. The molecule has 0 radical (unpaired) electrons. The minimum Gasteiger partial charge on any atom is -0.459 e. The van der Waals surface area contributed by atoms with Crippen molar-refractivity contribution in [2.75, 3.05) is 23.7 Å². The van der Waals surface area contributed by atoms with Gasteiger partial charge in [-0.2, -0.15) is 0 Å². The number of ether oxygens (including phenoxy) is 1. The summed E-state index contributed by atoms with van der Waals surface area (Å²) in [5.41, 5.74) is 1.76. The lowest BCUT2D eigenvalue weighted by atomic mass is 9.97. The molecule has 0 spiro atoms. The van der Waals surface area contributed by atoms with Crippen molar-refractivity contribution in [3.05, 3.63) is 60.2 Å². The zero-order valence-corrected chi connectivity index (χ0v) is 17.3. The first-order valence-electron chi connectivity index (χ1n) is 10.2. The van der Waals surface area contributed by atoms with Crippen LogP contribution in [-0.2, 0) is 9.53 Å². The normalized spacial score (nSPS) is 16.1. The topological polar surface area (TPSA) is 87.7 Å². The Bertz CT molecular complexity index is 881. The first kappa shape index (κ1) is 21.4. The van der Waals surface area contributed by atoms with Crippen LogP contribution in [0.4, 0.5) is 16.2 Å². The average Bonchev–Trinajstić information content (AvgIpc) is 2.74. The summed E-state index contributed by atoms with van der Waals surface area (Å²) in [6.07, 6.45) is 1.30. The Morgan fingerprint density at radius 3 is 2.30 bits per heavy atom. The Balaban J connectivity index is 1.55. The van der Waals surface area contributed by atoms with E-state index in [9.17, 15) is 14.4 Å². The molecule has 2 N–H and O–H groups in total. The van der Waals surface area contributed by atoms with Crippen LogP contribution in [0.15, 0.2) is 54.6 Å². The van der Waals surface area contributed by atoms with Crippen molar-refractivity contribution in [3.8, 4) is 0 Å². The lowest BCUT2D eigenvalue weighted by Gasteiger charge is -2.32. The maximum Gasteiger partial charge on any atom is 0.338 e. The summed E-state index contributed by atoms with van der Waals surface area (Å²) in [7, 11) is 0. The summed E-state index contributed by atoms with van der Waals surface area (Å²) in [5, 5.41) is 5.74. The molecule has 3 rings (SSSR count). The van der Waals surface area contributed by atoms with Crippen molar-refractivity contribution in [2.45, 2.75) is 32.8 Å². The van der Waals surface area contributed by atoms with Gasteiger partial charge < -0.3 is 20.3 Å². The highest BCUT2D eigenvalue weighted by atomic mass is 16.5. The molecule has 1 saturated heterocycles. The number of carbonyl (C=O) groups excluding carboxylic acids is 3. The van der Waals surface area contributed by atoms with E-state index in [-0.39, 0.29) is 24.0 Å². The first-order valence-corrected chi connectivity index (χ1v) is 10.2. The average molecular weight is 409 g/mol. The summed E-state index contributed by atoms with van der Waals surface area (Å²) < 4.78 is 5.16. The standard InChI is InChI=1S/C23H27N3O4/c1-16(2)30-22(28)17-10-12-20(13-11-17)24-21(27)18-7-6-14-26(15-18)23(29)25-19-8-4-3-5-9-19/h3-5,8-13,16,18H,6-7,14-15H2,1-2H3,(H,24,27)(H,25,29). The van der Waals surface area contributed by atoms with Gasteiger partial charge in [-0.25, -0.2) is 9.59 Å². The summed E-state index contributed by atoms with van der Waals surface area (Å²) in [6, 6.07) is 15.7. The van der Waals surface area contributed by atoms with Crippen molar-refractivity contribution in [1.29, 1.82) is 0 Å². The highest BCUT2D eigenvalue weighted by Gasteiger charge is 2.28. The fourth-order valence-electron chi connectivity index (χ4n) is 3.32. The number of nitrogens with one attached hydrogen (secondary N) is 2. The number of benzene rings is 2. The Kier molecular flexibility index (Phi) is 7.06. The molecule has 0 saturated carbocycles. The zero-order chi connectivity index (χ0) is 21.5. The Morgan fingerprint density at radius 2 is 1.63 bits per heavy atom. The molecule has 2 aromatic carbocycles. The second kappa shape index (κ2) is 9.91. The van der Waals surface area contributed by atoms with E-state index >= 15 is 0 Å². The van der Waals surface area contributed by atoms with Crippen molar-refractivity contribution in [2.24, 2.45) is 5.92 Å². The molecule has 7 heteroatoms. The summed E-state index contributed by atoms with van der Waals surface area (Å²) in [6.45, 7) is 4.57. The number of urea groups is 1. The zero-order valence-electron chi connectivity index (χ0n) is 17.3. The maximum atomic E-state index is 12.7. The fourth-order valence-corrected chi connectivity index (χ4v) is 3.32. The number of piperidine rings is 1. The number of rotatable bonds is 5. The lowest BCUT2D eigenvalue weighted by molar-refractivity contribution is -0.121. The molecule has 158 valence electrons. The van der Waals surface area contributed by atoms with Gasteiger partial charge in [-0.05, 0) is 63.1 Å². The van der Waals surface area contributed by atoms with Gasteiger partial charge in [0.1, 0.15) is 0 Å². The van der Waals surface area contributed by atoms with Crippen LogP contribution in [0.3, 0.4) is 0 Å². The number of anilines is 2. The third-order valence-electron chi connectivity index (χ3n) is 4.84. The highest BCUT2D eigenvalue weighted by Crippen LogP contribution is 2.20. The molecule has 0 bridgehead atoms. The molecule has 0 aromatic heterocycles. The SMILES string of the molecule is CC(C)OC(=O)c1ccc(NC(=O)C2CCCN(C(=O)Nc3ccccc3)C2)cc1. The monoisotopic (exact) mass is 409 g/mol. The first-order chi connectivity index (χ1) is 14.4. The maximum absolute atomic E-state index is 12.7. The van der Waals surface area contributed by atoms with E-state index in [2.05, 4.69) is 10.6 Å². The molecule has 7 nitrogen and oxygen atoms in total. The van der Waals surface area contributed by atoms with E-state index in [1.165, 1.54) is 0 Å². The number of likely N-dealkylation sites (tertiary alicyclic amines) is 1. The molecule has 1 heterocycles. The summed E-state index contributed by atoms with van der Waals surface area (Å²) in [4.78, 5) is 38.8. The Labute approximate surface area is 176 Å². The number of nitrogens with zero attached hydrogens (tertiary/aromatic N) is 1. The van der Waals surface area contributed by atoms with Gasteiger partial charge in [0, 0.05) is 24.5 Å². The van der Waals surface area contributed by atoms with Crippen LogP contribution in [0.1, 0.15) is 37.0 Å². The molecule has 3 amide bonds. The van der Waals surface area contributed by atoms with Gasteiger partial charge in [-0.15, -0.1) is 0 Å². The molecule has 2 aromatic rings. The van der Waals surface area contributed by atoms with Gasteiger partial charge in [0.15, 0.2) is 0 Å². The minimum atomic E-state index is -0.393. The molecular weight excluding hydrogens is 382 g/mol. The van der Waals surface area contributed by atoms with Crippen LogP contribution in [0.25, 0.3) is 0 Å². The summed E-state index contributed by atoms with van der Waals surface area (Å²) >= 11 is 0. The highest BCUT2D eigenvalue weighted by molar-refractivity contribution is 5.95. The van der Waals surface area contributed by atoms with Gasteiger partial charge in [0.25, 0.3) is 0 Å². The second-order valence-electron chi connectivity index (χ2n) is 7.60. The number of esters is 1. The van der Waals surface area contributed by atoms with E-state index < -0.39 is 5.97 Å². The number of hydrogen-bond donors (Lipinski definition) is 2. The number of hydrogen-bond acceptors (Lipinski definition) is 4. The van der Waals surface area contributed by atoms with Crippen LogP contribution in [0.5, 0.6) is 0 Å². The molecule has 1 aliphatic rings. The molecule has 0 aliphatic carbocycles. The van der Waals surface area contributed by atoms with Crippen molar-refractivity contribution >= 4 is 29.3 Å². The molecular formula is C23H27N3O4. The van der Waals surface area contributed by atoms with E-state index in [1.54, 1.807) is 43.0 Å². The van der Waals surface area contributed by atoms with Crippen molar-refractivity contribution in [3.63, 3.8) is 0 Å². The van der Waals surface area contributed by atoms with Gasteiger partial charge in [0.2, 0.25) is 5.91 Å². The van der Waals surface area contributed by atoms with Crippen LogP contribution in [0, 0.1) is 5.92 Å². The largest absolute Gasteiger partial charge is 0.459 e. The molecule has 30 heavy (non-hydrogen) atoms. The smallest absolute Gasteiger partial charge is 0.338 e. The van der Waals surface area contributed by atoms with E-state index in [1.807, 2.05) is 30.3 Å². The lowest BCUT2D eigenvalue weighted by Crippen LogP contribution is -2.45. The van der Waals surface area contributed by atoms with Crippen LogP contribution < -0.4 is 10.6 Å². The van der Waals surface area contributed by atoms with Crippen LogP contribution in [-0.4, -0.2) is 42.0 Å². The number of para-hydroxylation sites is 1. The second-order valence-corrected chi connectivity index (χ2v) is 7.60.